The van der Waals surface area contributed by atoms with Gasteiger partial charge in [0, 0.05) is 25.0 Å². The zero-order chi connectivity index (χ0) is 20.3. The van der Waals surface area contributed by atoms with Crippen LogP contribution in [-0.2, 0) is 11.3 Å². The van der Waals surface area contributed by atoms with E-state index in [2.05, 4.69) is 10.2 Å². The topological polar surface area (TPSA) is 52.6 Å². The second-order valence-corrected chi connectivity index (χ2v) is 8.44. The SMILES string of the molecule is O=C(CN1CC[C@]2(O)CCCC[C@@H]2[C@@H]1c1ccc(F)cc1)NCc1ccccc1. The number of hydrogen-bond acceptors (Lipinski definition) is 3. The number of benzene rings is 2. The second-order valence-electron chi connectivity index (χ2n) is 8.44. The number of halogens is 1. The number of rotatable bonds is 5. The summed E-state index contributed by atoms with van der Waals surface area (Å²) in [6, 6.07) is 16.3. The van der Waals surface area contributed by atoms with Gasteiger partial charge in [-0.2, -0.15) is 0 Å². The molecule has 0 unspecified atom stereocenters. The lowest BCUT2D eigenvalue weighted by molar-refractivity contribution is -0.138. The third kappa shape index (κ3) is 4.51. The van der Waals surface area contributed by atoms with E-state index in [4.69, 9.17) is 0 Å². The van der Waals surface area contributed by atoms with Gasteiger partial charge in [0.05, 0.1) is 12.1 Å². The van der Waals surface area contributed by atoms with Gasteiger partial charge in [-0.15, -0.1) is 0 Å². The monoisotopic (exact) mass is 396 g/mol. The van der Waals surface area contributed by atoms with Gasteiger partial charge in [-0.25, -0.2) is 4.39 Å². The minimum Gasteiger partial charge on any atom is -0.389 e. The minimum atomic E-state index is -0.686. The van der Waals surface area contributed by atoms with Crippen molar-refractivity contribution in [3.63, 3.8) is 0 Å². The van der Waals surface area contributed by atoms with E-state index >= 15 is 0 Å². The van der Waals surface area contributed by atoms with Crippen molar-refractivity contribution in [3.05, 3.63) is 71.5 Å². The Hall–Kier alpha value is -2.24. The van der Waals surface area contributed by atoms with Crippen molar-refractivity contribution in [1.29, 1.82) is 0 Å². The lowest BCUT2D eigenvalue weighted by Crippen LogP contribution is -2.56. The summed E-state index contributed by atoms with van der Waals surface area (Å²) in [4.78, 5) is 14.8. The molecule has 2 N–H and O–H groups in total. The first-order valence-corrected chi connectivity index (χ1v) is 10.6. The van der Waals surface area contributed by atoms with Crippen LogP contribution in [-0.4, -0.2) is 34.6 Å². The molecule has 29 heavy (non-hydrogen) atoms. The number of amides is 1. The quantitative estimate of drug-likeness (QED) is 0.808. The van der Waals surface area contributed by atoms with Crippen LogP contribution in [0.2, 0.25) is 0 Å². The molecular weight excluding hydrogens is 367 g/mol. The molecule has 1 aliphatic heterocycles. The summed E-state index contributed by atoms with van der Waals surface area (Å²) < 4.78 is 13.5. The summed E-state index contributed by atoms with van der Waals surface area (Å²) in [7, 11) is 0. The van der Waals surface area contributed by atoms with Crippen LogP contribution in [0.4, 0.5) is 4.39 Å². The average molecular weight is 397 g/mol. The molecule has 154 valence electrons. The normalized spacial score (nSPS) is 27.2. The fraction of sp³-hybridized carbons (Fsp3) is 0.458. The van der Waals surface area contributed by atoms with Crippen molar-refractivity contribution < 1.29 is 14.3 Å². The Morgan fingerprint density at radius 2 is 1.86 bits per heavy atom. The molecule has 2 aliphatic rings. The number of nitrogens with one attached hydrogen (secondary N) is 1. The van der Waals surface area contributed by atoms with Gasteiger partial charge in [-0.05, 0) is 42.5 Å². The first kappa shape index (κ1) is 20.0. The molecule has 0 radical (unpaired) electrons. The maximum absolute atomic E-state index is 13.5. The number of likely N-dealkylation sites (tertiary alicyclic amines) is 1. The predicted octanol–water partition coefficient (Wildman–Crippen LogP) is 3.81. The number of fused-ring (bicyclic) bond motifs is 1. The molecule has 4 rings (SSSR count). The number of hydrogen-bond donors (Lipinski definition) is 2. The number of carbonyl (C=O) groups is 1. The molecule has 2 aromatic carbocycles. The predicted molar refractivity (Wildman–Crippen MR) is 111 cm³/mol. The van der Waals surface area contributed by atoms with Crippen molar-refractivity contribution in [2.24, 2.45) is 5.92 Å². The molecule has 0 bridgehead atoms. The first-order chi connectivity index (χ1) is 14.0. The number of nitrogens with zero attached hydrogens (tertiary/aromatic N) is 1. The van der Waals surface area contributed by atoms with Crippen molar-refractivity contribution in [2.45, 2.75) is 50.3 Å². The van der Waals surface area contributed by atoms with Gasteiger partial charge in [0.2, 0.25) is 5.91 Å². The highest BCUT2D eigenvalue weighted by Crippen LogP contribution is 2.49. The number of carbonyl (C=O) groups excluding carboxylic acids is 1. The molecule has 1 heterocycles. The van der Waals surface area contributed by atoms with E-state index in [0.29, 0.717) is 19.5 Å². The Labute approximate surface area is 171 Å². The third-order valence-corrected chi connectivity index (χ3v) is 6.56. The molecule has 5 heteroatoms. The molecule has 4 nitrogen and oxygen atoms in total. The molecule has 0 aromatic heterocycles. The summed E-state index contributed by atoms with van der Waals surface area (Å²) in [6.07, 6.45) is 4.55. The smallest absolute Gasteiger partial charge is 0.234 e. The van der Waals surface area contributed by atoms with E-state index in [9.17, 15) is 14.3 Å². The summed E-state index contributed by atoms with van der Waals surface area (Å²) in [5.74, 6) is -0.227. The van der Waals surface area contributed by atoms with Crippen LogP contribution in [0.25, 0.3) is 0 Å². The first-order valence-electron chi connectivity index (χ1n) is 10.6. The zero-order valence-corrected chi connectivity index (χ0v) is 16.7. The second kappa shape index (κ2) is 8.64. The average Bonchev–Trinajstić information content (AvgIpc) is 2.74. The molecule has 1 aliphatic carbocycles. The summed E-state index contributed by atoms with van der Waals surface area (Å²) in [5.41, 5.74) is 1.36. The standard InChI is InChI=1S/C24H29FN2O2/c25-20-11-9-19(10-12-20)23-21-8-4-5-13-24(21,29)14-15-27(23)17-22(28)26-16-18-6-2-1-3-7-18/h1-3,6-7,9-12,21,23,29H,4-5,8,13-17H2,(H,26,28)/t21-,23+,24-/m1/s1. The van der Waals surface area contributed by atoms with Crippen molar-refractivity contribution >= 4 is 5.91 Å². The van der Waals surface area contributed by atoms with Gasteiger partial charge in [-0.3, -0.25) is 9.69 Å². The molecule has 0 spiro atoms. The molecular formula is C24H29FN2O2. The summed E-state index contributed by atoms with van der Waals surface area (Å²) in [5, 5.41) is 14.3. The molecule has 2 fully saturated rings. The Morgan fingerprint density at radius 1 is 1.10 bits per heavy atom. The van der Waals surface area contributed by atoms with E-state index in [1.165, 1.54) is 12.1 Å². The van der Waals surface area contributed by atoms with Gasteiger partial charge in [0.15, 0.2) is 0 Å². The van der Waals surface area contributed by atoms with Crippen LogP contribution < -0.4 is 5.32 Å². The molecule has 1 saturated carbocycles. The summed E-state index contributed by atoms with van der Waals surface area (Å²) >= 11 is 0. The Bertz CT molecular complexity index is 827. The van der Waals surface area contributed by atoms with Gasteiger partial charge >= 0.3 is 0 Å². The lowest BCUT2D eigenvalue weighted by Gasteiger charge is -2.52. The highest BCUT2D eigenvalue weighted by molar-refractivity contribution is 5.78. The zero-order valence-electron chi connectivity index (χ0n) is 16.7. The Morgan fingerprint density at radius 3 is 2.62 bits per heavy atom. The maximum Gasteiger partial charge on any atom is 0.234 e. The van der Waals surface area contributed by atoms with Crippen molar-refractivity contribution in [1.82, 2.24) is 10.2 Å². The largest absolute Gasteiger partial charge is 0.389 e. The molecule has 2 aromatic rings. The molecule has 1 saturated heterocycles. The van der Waals surface area contributed by atoms with E-state index < -0.39 is 5.60 Å². The van der Waals surface area contributed by atoms with Gasteiger partial charge in [-0.1, -0.05) is 55.3 Å². The third-order valence-electron chi connectivity index (χ3n) is 6.56. The van der Waals surface area contributed by atoms with E-state index in [1.54, 1.807) is 12.1 Å². The highest BCUT2D eigenvalue weighted by Gasteiger charge is 2.49. The molecule has 3 atom stereocenters. The highest BCUT2D eigenvalue weighted by atomic mass is 19.1. The Kier molecular flexibility index (Phi) is 5.97. The fourth-order valence-electron chi connectivity index (χ4n) is 5.06. The number of aliphatic hydroxyl groups is 1. The van der Waals surface area contributed by atoms with E-state index in [-0.39, 0.29) is 30.2 Å². The van der Waals surface area contributed by atoms with Crippen LogP contribution >= 0.6 is 0 Å². The maximum atomic E-state index is 13.5. The molecule has 1 amide bonds. The summed E-state index contributed by atoms with van der Waals surface area (Å²) in [6.45, 7) is 1.44. The van der Waals surface area contributed by atoms with Crippen LogP contribution in [0.15, 0.2) is 54.6 Å². The van der Waals surface area contributed by atoms with Crippen molar-refractivity contribution in [2.75, 3.05) is 13.1 Å². The van der Waals surface area contributed by atoms with E-state index in [1.807, 2.05) is 30.3 Å². The van der Waals surface area contributed by atoms with Gasteiger partial charge < -0.3 is 10.4 Å². The number of piperidine rings is 1. The van der Waals surface area contributed by atoms with Crippen LogP contribution in [0.1, 0.15) is 49.3 Å². The van der Waals surface area contributed by atoms with Crippen LogP contribution in [0.5, 0.6) is 0 Å². The van der Waals surface area contributed by atoms with E-state index in [0.717, 1.165) is 36.8 Å². The fourth-order valence-corrected chi connectivity index (χ4v) is 5.06. The van der Waals surface area contributed by atoms with Crippen LogP contribution in [0, 0.1) is 11.7 Å². The van der Waals surface area contributed by atoms with Gasteiger partial charge in [0.25, 0.3) is 0 Å². The van der Waals surface area contributed by atoms with Crippen molar-refractivity contribution in [3.8, 4) is 0 Å². The lowest BCUT2D eigenvalue weighted by atomic mass is 9.66. The minimum absolute atomic E-state index is 0.0257. The Balaban J connectivity index is 1.51. The van der Waals surface area contributed by atoms with Gasteiger partial charge in [0.1, 0.15) is 5.82 Å². The van der Waals surface area contributed by atoms with Crippen LogP contribution in [0.3, 0.4) is 0 Å².